The van der Waals surface area contributed by atoms with Gasteiger partial charge < -0.3 is 15.6 Å². The van der Waals surface area contributed by atoms with Crippen molar-refractivity contribution in [1.29, 1.82) is 0 Å². The number of amides is 2. The second-order valence-electron chi connectivity index (χ2n) is 7.18. The first-order valence-corrected chi connectivity index (χ1v) is 11.0. The number of carbonyl (C=O) groups is 2. The second-order valence-corrected chi connectivity index (χ2v) is 8.13. The number of thioether (sulfide) groups is 1. The normalized spacial score (nSPS) is 11.5. The Balaban J connectivity index is 1.58. The predicted octanol–water partition coefficient (Wildman–Crippen LogP) is 0.766. The number of hydrogen-bond acceptors (Lipinski definition) is 12. The fraction of sp³-hybridized carbons (Fsp3) is 0.211. The number of aryl methyl sites for hydroxylation is 1. The molecule has 3 heterocycles. The summed E-state index contributed by atoms with van der Waals surface area (Å²) in [4.78, 5) is 24.3. The van der Waals surface area contributed by atoms with Crippen molar-refractivity contribution in [2.45, 2.75) is 24.8 Å². The molecular formula is C19H20N12O3S. The van der Waals surface area contributed by atoms with Crippen molar-refractivity contribution in [1.82, 2.24) is 45.5 Å². The third kappa shape index (κ3) is 5.32. The smallest absolute Gasteiger partial charge is 0.293 e. The van der Waals surface area contributed by atoms with Gasteiger partial charge in [0.2, 0.25) is 17.5 Å². The van der Waals surface area contributed by atoms with E-state index in [-0.39, 0.29) is 29.0 Å². The van der Waals surface area contributed by atoms with Crippen LogP contribution in [0.5, 0.6) is 0 Å². The summed E-state index contributed by atoms with van der Waals surface area (Å²) in [5.74, 6) is -0.477. The Labute approximate surface area is 202 Å². The van der Waals surface area contributed by atoms with E-state index in [1.807, 2.05) is 0 Å². The van der Waals surface area contributed by atoms with Gasteiger partial charge in [0.25, 0.3) is 5.91 Å². The van der Waals surface area contributed by atoms with Crippen LogP contribution >= 0.6 is 11.8 Å². The Morgan fingerprint density at radius 1 is 1.23 bits per heavy atom. The van der Waals surface area contributed by atoms with E-state index in [1.54, 1.807) is 49.1 Å². The van der Waals surface area contributed by atoms with Crippen LogP contribution in [0.25, 0.3) is 5.82 Å². The van der Waals surface area contributed by atoms with Crippen molar-refractivity contribution in [3.63, 3.8) is 0 Å². The summed E-state index contributed by atoms with van der Waals surface area (Å²) in [6, 6.07) is 7.06. The zero-order valence-corrected chi connectivity index (χ0v) is 19.6. The number of hydrazone groups is 1. The number of nitrogens with one attached hydrogen (secondary N) is 2. The SMILES string of the molecule is CC(=O)Nc1cccc(/C(C)=N\NC(=O)c2nnn(-c3nonc3N)c2CSc2nncn2C)c1. The van der Waals surface area contributed by atoms with Gasteiger partial charge >= 0.3 is 0 Å². The maximum absolute atomic E-state index is 13.0. The highest BCUT2D eigenvalue weighted by molar-refractivity contribution is 7.98. The molecule has 180 valence electrons. The maximum Gasteiger partial charge on any atom is 0.293 e. The molecule has 0 aliphatic rings. The minimum absolute atomic E-state index is 0.00520. The highest BCUT2D eigenvalue weighted by Crippen LogP contribution is 2.24. The third-order valence-corrected chi connectivity index (χ3v) is 5.65. The largest absolute Gasteiger partial charge is 0.378 e. The molecule has 0 saturated carbocycles. The molecule has 0 aliphatic carbocycles. The Bertz CT molecular complexity index is 1410. The molecule has 0 unspecified atom stereocenters. The Morgan fingerprint density at radius 2 is 2.06 bits per heavy atom. The lowest BCUT2D eigenvalue weighted by Crippen LogP contribution is -2.21. The van der Waals surface area contributed by atoms with E-state index in [9.17, 15) is 9.59 Å². The van der Waals surface area contributed by atoms with E-state index in [4.69, 9.17) is 5.73 Å². The molecule has 0 atom stereocenters. The van der Waals surface area contributed by atoms with Crippen LogP contribution in [0.3, 0.4) is 0 Å². The van der Waals surface area contributed by atoms with Crippen molar-refractivity contribution < 1.29 is 14.2 Å². The molecule has 0 aliphatic heterocycles. The number of nitrogen functional groups attached to an aromatic ring is 1. The standard InChI is InChI=1S/C19H20N12O3S/c1-10(12-5-4-6-13(7-12)22-11(2)32)23-25-18(33)15-14(8-35-19-26-21-9-30(19)3)31(29-24-15)17-16(20)27-34-28-17/h4-7,9H,8H2,1-3H3,(H2,20,27)(H,22,32)(H,25,33)/b23-10-. The van der Waals surface area contributed by atoms with Gasteiger partial charge in [-0.15, -0.1) is 15.3 Å². The molecule has 2 amide bonds. The fourth-order valence-corrected chi connectivity index (χ4v) is 3.81. The number of hydrogen-bond donors (Lipinski definition) is 3. The van der Waals surface area contributed by atoms with Crippen molar-refractivity contribution in [3.05, 3.63) is 47.5 Å². The third-order valence-electron chi connectivity index (χ3n) is 4.61. The molecule has 0 bridgehead atoms. The van der Waals surface area contributed by atoms with Crippen LogP contribution in [0.4, 0.5) is 11.5 Å². The molecule has 1 aromatic carbocycles. The van der Waals surface area contributed by atoms with Crippen LogP contribution in [0.15, 0.2) is 45.5 Å². The first-order valence-electron chi connectivity index (χ1n) is 10.1. The van der Waals surface area contributed by atoms with Gasteiger partial charge in [-0.3, -0.25) is 9.59 Å². The highest BCUT2D eigenvalue weighted by Gasteiger charge is 2.24. The van der Waals surface area contributed by atoms with Crippen LogP contribution < -0.4 is 16.5 Å². The van der Waals surface area contributed by atoms with Gasteiger partial charge in [-0.25, -0.2) is 10.1 Å². The topological polar surface area (TPSA) is 197 Å². The summed E-state index contributed by atoms with van der Waals surface area (Å²) in [6.07, 6.45) is 1.56. The maximum atomic E-state index is 13.0. The van der Waals surface area contributed by atoms with Crippen LogP contribution in [0, 0.1) is 0 Å². The molecular weight excluding hydrogens is 476 g/mol. The molecule has 35 heavy (non-hydrogen) atoms. The van der Waals surface area contributed by atoms with Crippen LogP contribution in [-0.4, -0.2) is 57.6 Å². The van der Waals surface area contributed by atoms with Gasteiger partial charge in [0, 0.05) is 25.4 Å². The number of rotatable bonds is 8. The van der Waals surface area contributed by atoms with E-state index in [2.05, 4.69) is 51.3 Å². The van der Waals surface area contributed by atoms with Gasteiger partial charge in [-0.1, -0.05) is 29.1 Å². The van der Waals surface area contributed by atoms with Gasteiger partial charge in [0.1, 0.15) is 6.33 Å². The summed E-state index contributed by atoms with van der Waals surface area (Å²) in [6.45, 7) is 3.14. The summed E-state index contributed by atoms with van der Waals surface area (Å²) in [5, 5.41) is 30.6. The average Bonchev–Trinajstić information content (AvgIpc) is 3.55. The van der Waals surface area contributed by atoms with E-state index in [1.165, 1.54) is 23.4 Å². The minimum atomic E-state index is -0.600. The molecule has 4 rings (SSSR count). The highest BCUT2D eigenvalue weighted by atomic mass is 32.2. The lowest BCUT2D eigenvalue weighted by atomic mass is 10.1. The zero-order valence-electron chi connectivity index (χ0n) is 18.8. The van der Waals surface area contributed by atoms with Crippen LogP contribution in [-0.2, 0) is 17.6 Å². The molecule has 4 aromatic rings. The predicted molar refractivity (Wildman–Crippen MR) is 125 cm³/mol. The number of nitrogens with zero attached hydrogens (tertiary/aromatic N) is 9. The van der Waals surface area contributed by atoms with E-state index in [0.29, 0.717) is 27.8 Å². The summed E-state index contributed by atoms with van der Waals surface area (Å²) in [7, 11) is 1.80. The molecule has 4 N–H and O–H groups in total. The number of anilines is 2. The fourth-order valence-electron chi connectivity index (χ4n) is 2.93. The second kappa shape index (κ2) is 10.1. The molecule has 0 spiro atoms. The molecule has 15 nitrogen and oxygen atoms in total. The Morgan fingerprint density at radius 3 is 2.74 bits per heavy atom. The molecule has 0 saturated heterocycles. The van der Waals surface area contributed by atoms with E-state index in [0.717, 1.165) is 0 Å². The first kappa shape index (κ1) is 23.6. The number of carbonyl (C=O) groups excluding carboxylic acids is 2. The lowest BCUT2D eigenvalue weighted by Gasteiger charge is -2.07. The van der Waals surface area contributed by atoms with E-state index >= 15 is 0 Å². The first-order chi connectivity index (χ1) is 16.8. The minimum Gasteiger partial charge on any atom is -0.378 e. The van der Waals surface area contributed by atoms with Gasteiger partial charge in [-0.05, 0) is 34.9 Å². The molecule has 16 heteroatoms. The van der Waals surface area contributed by atoms with Crippen LogP contribution in [0.2, 0.25) is 0 Å². The summed E-state index contributed by atoms with van der Waals surface area (Å²) >= 11 is 1.31. The van der Waals surface area contributed by atoms with Crippen molar-refractivity contribution in [3.8, 4) is 5.82 Å². The molecule has 0 radical (unpaired) electrons. The zero-order chi connectivity index (χ0) is 24.9. The summed E-state index contributed by atoms with van der Waals surface area (Å²) in [5.41, 5.74) is 10.5. The van der Waals surface area contributed by atoms with Gasteiger partial charge in [-0.2, -0.15) is 9.78 Å². The average molecular weight is 497 g/mol. The van der Waals surface area contributed by atoms with Gasteiger partial charge in [0.15, 0.2) is 10.9 Å². The molecule has 3 aromatic heterocycles. The van der Waals surface area contributed by atoms with Crippen molar-refractivity contribution in [2.24, 2.45) is 12.1 Å². The summed E-state index contributed by atoms with van der Waals surface area (Å²) < 4.78 is 7.66. The number of nitrogens with two attached hydrogens (primary N) is 1. The quantitative estimate of drug-likeness (QED) is 0.177. The van der Waals surface area contributed by atoms with E-state index < -0.39 is 5.91 Å². The lowest BCUT2D eigenvalue weighted by molar-refractivity contribution is -0.114. The van der Waals surface area contributed by atoms with Crippen molar-refractivity contribution in [2.75, 3.05) is 11.1 Å². The van der Waals surface area contributed by atoms with Crippen LogP contribution in [0.1, 0.15) is 35.6 Å². The Hall–Kier alpha value is -4.60. The molecule has 0 fully saturated rings. The number of benzene rings is 1. The Kier molecular flexibility index (Phi) is 6.81. The van der Waals surface area contributed by atoms with Crippen molar-refractivity contribution >= 4 is 40.8 Å². The van der Waals surface area contributed by atoms with Gasteiger partial charge in [0.05, 0.1) is 11.4 Å². The monoisotopic (exact) mass is 496 g/mol. The number of aromatic nitrogens is 8.